The molecule has 0 fully saturated rings. The van der Waals surface area contributed by atoms with Gasteiger partial charge in [0.25, 0.3) is 0 Å². The van der Waals surface area contributed by atoms with E-state index in [1.54, 1.807) is 12.3 Å². The Bertz CT molecular complexity index is 586. The molecule has 2 rings (SSSR count). The molecule has 0 aliphatic carbocycles. The van der Waals surface area contributed by atoms with Crippen LogP contribution in [0.25, 0.3) is 11.2 Å². The van der Waals surface area contributed by atoms with E-state index in [4.69, 9.17) is 0 Å². The van der Waals surface area contributed by atoms with Crippen LogP contribution in [0.3, 0.4) is 0 Å². The van der Waals surface area contributed by atoms with Crippen molar-refractivity contribution in [2.45, 2.75) is 6.92 Å². The topological polar surface area (TPSA) is 64.8 Å². The number of aryl methyl sites for hydroxylation is 1. The predicted octanol–water partition coefficient (Wildman–Crippen LogP) is 0.547. The summed E-state index contributed by atoms with van der Waals surface area (Å²) in [4.78, 5) is 8.19. The van der Waals surface area contributed by atoms with Crippen molar-refractivity contribution in [2.75, 3.05) is 6.26 Å². The molecule has 0 saturated carbocycles. The van der Waals surface area contributed by atoms with Crippen LogP contribution in [0.4, 0.5) is 0 Å². The summed E-state index contributed by atoms with van der Waals surface area (Å²) < 4.78 is 23.7. The van der Waals surface area contributed by atoms with Crippen LogP contribution in [-0.2, 0) is 10.0 Å². The van der Waals surface area contributed by atoms with Crippen molar-refractivity contribution in [1.82, 2.24) is 13.9 Å². The average Bonchev–Trinajstić information content (AvgIpc) is 2.45. The maximum atomic E-state index is 11.3. The van der Waals surface area contributed by atoms with Crippen LogP contribution in [-0.4, -0.2) is 28.6 Å². The molecule has 0 unspecified atom stereocenters. The second kappa shape index (κ2) is 2.78. The van der Waals surface area contributed by atoms with Gasteiger partial charge in [-0.1, -0.05) is 0 Å². The number of hydrogen-bond acceptors (Lipinski definition) is 4. The van der Waals surface area contributed by atoms with E-state index in [9.17, 15) is 8.42 Å². The fraction of sp³-hybridized carbons (Fsp3) is 0.250. The Balaban J connectivity index is 2.83. The lowest BCUT2D eigenvalue weighted by Crippen LogP contribution is -2.09. The fourth-order valence-electron chi connectivity index (χ4n) is 1.25. The zero-order valence-electron chi connectivity index (χ0n) is 7.80. The average molecular weight is 211 g/mol. The van der Waals surface area contributed by atoms with Crippen molar-refractivity contribution in [3.05, 3.63) is 24.2 Å². The Morgan fingerprint density at radius 3 is 2.79 bits per heavy atom. The Labute approximate surface area is 81.5 Å². The highest BCUT2D eigenvalue weighted by Gasteiger charge is 2.11. The molecule has 5 nitrogen and oxygen atoms in total. The molecule has 2 aromatic heterocycles. The molecule has 2 aromatic rings. The van der Waals surface area contributed by atoms with Gasteiger partial charge in [0.1, 0.15) is 5.52 Å². The van der Waals surface area contributed by atoms with E-state index >= 15 is 0 Å². The molecular formula is C8H9N3O2S. The van der Waals surface area contributed by atoms with Gasteiger partial charge in [0.2, 0.25) is 10.0 Å². The van der Waals surface area contributed by atoms with Crippen LogP contribution in [0.1, 0.15) is 5.69 Å². The van der Waals surface area contributed by atoms with Crippen molar-refractivity contribution in [3.8, 4) is 0 Å². The summed E-state index contributed by atoms with van der Waals surface area (Å²) in [6.45, 7) is 1.81. The quantitative estimate of drug-likeness (QED) is 0.690. The zero-order chi connectivity index (χ0) is 10.3. The SMILES string of the molecule is Cc1cnc2c(ccn2S(C)(=O)=O)n1. The maximum Gasteiger partial charge on any atom is 0.237 e. The molecule has 0 bridgehead atoms. The van der Waals surface area contributed by atoms with Crippen molar-refractivity contribution in [2.24, 2.45) is 0 Å². The highest BCUT2D eigenvalue weighted by molar-refractivity contribution is 7.89. The summed E-state index contributed by atoms with van der Waals surface area (Å²) in [5.41, 5.74) is 1.73. The lowest BCUT2D eigenvalue weighted by atomic mass is 10.4. The third kappa shape index (κ3) is 1.37. The number of fused-ring (bicyclic) bond motifs is 1. The van der Waals surface area contributed by atoms with Gasteiger partial charge in [0, 0.05) is 6.20 Å². The molecule has 14 heavy (non-hydrogen) atoms. The first-order chi connectivity index (χ1) is 6.48. The van der Waals surface area contributed by atoms with Gasteiger partial charge in [0.05, 0.1) is 18.1 Å². The van der Waals surface area contributed by atoms with Gasteiger partial charge >= 0.3 is 0 Å². The molecule has 0 saturated heterocycles. The minimum Gasteiger partial charge on any atom is -0.248 e. The van der Waals surface area contributed by atoms with Crippen molar-refractivity contribution < 1.29 is 8.42 Å². The van der Waals surface area contributed by atoms with E-state index in [-0.39, 0.29) is 0 Å². The highest BCUT2D eigenvalue weighted by atomic mass is 32.2. The maximum absolute atomic E-state index is 11.3. The molecule has 0 aliphatic heterocycles. The fourth-order valence-corrected chi connectivity index (χ4v) is 1.98. The smallest absolute Gasteiger partial charge is 0.237 e. The van der Waals surface area contributed by atoms with Crippen molar-refractivity contribution in [1.29, 1.82) is 0 Å². The number of rotatable bonds is 1. The second-order valence-corrected chi connectivity index (χ2v) is 4.95. The van der Waals surface area contributed by atoms with Crippen LogP contribution in [0.5, 0.6) is 0 Å². The van der Waals surface area contributed by atoms with E-state index in [0.717, 1.165) is 15.9 Å². The van der Waals surface area contributed by atoms with E-state index in [1.165, 1.54) is 6.20 Å². The monoisotopic (exact) mass is 211 g/mol. The Hall–Kier alpha value is -1.43. The Morgan fingerprint density at radius 1 is 1.43 bits per heavy atom. The molecule has 0 radical (unpaired) electrons. The summed E-state index contributed by atoms with van der Waals surface area (Å²) in [6.07, 6.45) is 4.14. The van der Waals surface area contributed by atoms with Crippen LogP contribution in [0, 0.1) is 6.92 Å². The summed E-state index contributed by atoms with van der Waals surface area (Å²) >= 11 is 0. The molecule has 6 heteroatoms. The Kier molecular flexibility index (Phi) is 1.81. The first-order valence-corrected chi connectivity index (χ1v) is 5.84. The van der Waals surface area contributed by atoms with Crippen molar-refractivity contribution in [3.63, 3.8) is 0 Å². The standard InChI is InChI=1S/C8H9N3O2S/c1-6-5-9-8-7(10-6)3-4-11(8)14(2,12)13/h3-5H,1-2H3. The normalized spacial score (nSPS) is 12.1. The van der Waals surface area contributed by atoms with Gasteiger partial charge in [-0.3, -0.25) is 0 Å². The molecule has 0 aromatic carbocycles. The van der Waals surface area contributed by atoms with Gasteiger partial charge in [-0.05, 0) is 13.0 Å². The van der Waals surface area contributed by atoms with Crippen LogP contribution < -0.4 is 0 Å². The summed E-state index contributed by atoms with van der Waals surface area (Å²) in [6, 6.07) is 1.64. The van der Waals surface area contributed by atoms with Gasteiger partial charge < -0.3 is 0 Å². The highest BCUT2D eigenvalue weighted by Crippen LogP contribution is 2.12. The zero-order valence-corrected chi connectivity index (χ0v) is 8.61. The minimum atomic E-state index is -3.28. The number of hydrogen-bond donors (Lipinski definition) is 0. The summed E-state index contributed by atoms with van der Waals surface area (Å²) in [5.74, 6) is 0. The molecule has 74 valence electrons. The van der Waals surface area contributed by atoms with Crippen LogP contribution in [0.15, 0.2) is 18.5 Å². The molecule has 0 N–H and O–H groups in total. The second-order valence-electron chi connectivity index (χ2n) is 3.09. The van der Waals surface area contributed by atoms with E-state index in [1.807, 2.05) is 6.92 Å². The first kappa shape index (κ1) is 9.14. The number of aromatic nitrogens is 3. The molecule has 0 atom stereocenters. The minimum absolute atomic E-state index is 0.373. The summed E-state index contributed by atoms with van der Waals surface area (Å²) in [5, 5.41) is 0. The molecule has 0 aliphatic rings. The number of nitrogens with zero attached hydrogens (tertiary/aromatic N) is 3. The van der Waals surface area contributed by atoms with E-state index < -0.39 is 10.0 Å². The Morgan fingerprint density at radius 2 is 2.14 bits per heavy atom. The third-order valence-corrected chi connectivity index (χ3v) is 2.84. The van der Waals surface area contributed by atoms with Gasteiger partial charge in [0.15, 0.2) is 5.65 Å². The molecule has 0 spiro atoms. The lowest BCUT2D eigenvalue weighted by molar-refractivity contribution is 0.595. The van der Waals surface area contributed by atoms with Gasteiger partial charge in [-0.2, -0.15) is 0 Å². The largest absolute Gasteiger partial charge is 0.248 e. The van der Waals surface area contributed by atoms with Crippen molar-refractivity contribution >= 4 is 21.2 Å². The van der Waals surface area contributed by atoms with E-state index in [0.29, 0.717) is 11.2 Å². The van der Waals surface area contributed by atoms with Gasteiger partial charge in [-0.25, -0.2) is 22.4 Å². The molecule has 2 heterocycles. The van der Waals surface area contributed by atoms with Gasteiger partial charge in [-0.15, -0.1) is 0 Å². The molecule has 0 amide bonds. The van der Waals surface area contributed by atoms with E-state index in [2.05, 4.69) is 9.97 Å². The first-order valence-electron chi connectivity index (χ1n) is 4.00. The summed E-state index contributed by atoms with van der Waals surface area (Å²) in [7, 11) is -3.28. The van der Waals surface area contributed by atoms with Crippen LogP contribution >= 0.6 is 0 Å². The lowest BCUT2D eigenvalue weighted by Gasteiger charge is -1.99. The third-order valence-electron chi connectivity index (χ3n) is 1.83. The van der Waals surface area contributed by atoms with Crippen LogP contribution in [0.2, 0.25) is 0 Å². The molecular weight excluding hydrogens is 202 g/mol. The predicted molar refractivity (Wildman–Crippen MR) is 52.5 cm³/mol.